The van der Waals surface area contributed by atoms with Crippen LogP contribution in [0.2, 0.25) is 0 Å². The van der Waals surface area contributed by atoms with Gasteiger partial charge < -0.3 is 20.5 Å². The van der Waals surface area contributed by atoms with Gasteiger partial charge in [0.25, 0.3) is 0 Å². The normalized spacial score (nSPS) is 42.2. The molecule has 0 unspecified atom stereocenters. The van der Waals surface area contributed by atoms with Crippen molar-refractivity contribution >= 4 is 12.1 Å². The van der Waals surface area contributed by atoms with Crippen LogP contribution in [0.1, 0.15) is 99.3 Å². The van der Waals surface area contributed by atoms with E-state index in [1.165, 1.54) is 7.11 Å². The van der Waals surface area contributed by atoms with Gasteiger partial charge in [0.1, 0.15) is 5.60 Å². The molecule has 0 aromatic carbocycles. The van der Waals surface area contributed by atoms with Crippen molar-refractivity contribution < 1.29 is 19.1 Å². The lowest BCUT2D eigenvalue weighted by Crippen LogP contribution is -2.66. The zero-order valence-electron chi connectivity index (χ0n) is 25.1. The summed E-state index contributed by atoms with van der Waals surface area (Å²) in [6, 6.07) is 0.0685. The predicted molar refractivity (Wildman–Crippen MR) is 150 cm³/mol. The number of nitrogens with zero attached hydrogens (tertiary/aromatic N) is 3. The molecule has 0 aromatic rings. The highest BCUT2D eigenvalue weighted by molar-refractivity contribution is 5.69. The van der Waals surface area contributed by atoms with Crippen LogP contribution in [0.15, 0.2) is 5.11 Å². The highest BCUT2D eigenvalue weighted by Gasteiger charge is 2.65. The number of carbonyl (C=O) groups excluding carboxylic acids is 2. The lowest BCUT2D eigenvalue weighted by Gasteiger charge is -2.64. The summed E-state index contributed by atoms with van der Waals surface area (Å²) in [5, 5.41) is 7.44. The van der Waals surface area contributed by atoms with E-state index in [1.807, 2.05) is 20.8 Å². The van der Waals surface area contributed by atoms with Gasteiger partial charge in [0.2, 0.25) is 0 Å². The van der Waals surface area contributed by atoms with Gasteiger partial charge in [-0.3, -0.25) is 4.79 Å². The molecule has 0 aliphatic heterocycles. The predicted octanol–water partition coefficient (Wildman–Crippen LogP) is 6.35. The molecule has 0 aromatic heterocycles. The highest BCUT2D eigenvalue weighted by Crippen LogP contribution is 2.68. The topological polar surface area (TPSA) is 139 Å². The fraction of sp³-hybridized carbons (Fsp3) is 0.933. The summed E-state index contributed by atoms with van der Waals surface area (Å²) in [7, 11) is 1.45. The monoisotopic (exact) mass is 545 g/mol. The number of rotatable bonds is 6. The molecule has 0 spiro atoms. The van der Waals surface area contributed by atoms with Crippen LogP contribution in [0.4, 0.5) is 4.79 Å². The molecule has 220 valence electrons. The molecular weight excluding hydrogens is 494 g/mol. The van der Waals surface area contributed by atoms with Crippen molar-refractivity contribution in [2.75, 3.05) is 7.11 Å². The van der Waals surface area contributed by atoms with Crippen molar-refractivity contribution in [3.8, 4) is 0 Å². The van der Waals surface area contributed by atoms with Gasteiger partial charge in [-0.25, -0.2) is 4.79 Å². The van der Waals surface area contributed by atoms with Gasteiger partial charge in [-0.15, -0.1) is 0 Å². The van der Waals surface area contributed by atoms with Crippen LogP contribution in [0.25, 0.3) is 10.4 Å². The van der Waals surface area contributed by atoms with Crippen molar-refractivity contribution in [1.82, 2.24) is 5.32 Å². The number of esters is 1. The van der Waals surface area contributed by atoms with E-state index >= 15 is 0 Å². The van der Waals surface area contributed by atoms with E-state index in [0.717, 1.165) is 51.4 Å². The molecule has 4 aliphatic rings. The Balaban J connectivity index is 1.65. The smallest absolute Gasteiger partial charge is 0.407 e. The molecule has 9 heteroatoms. The third-order valence-corrected chi connectivity index (χ3v) is 11.6. The summed E-state index contributed by atoms with van der Waals surface area (Å²) >= 11 is 0. The number of nitrogens with two attached hydrogens (primary N) is 1. The van der Waals surface area contributed by atoms with E-state index in [1.54, 1.807) is 0 Å². The number of carbonyl (C=O) groups is 2. The standard InChI is InChI=1S/C30H51N5O4/c1-17(8-11-25(36)38-7)20-9-10-21-26-22(16-24(31)30(20,21)6)29(5)13-12-19(34-35-32)14-18(29)15-23(26)33-27(37)39-28(2,3)4/h17-24,26H,8-16,31H2,1-7H3,(H,33,37)/t17-,18+,19-,20-,21+,22+,23-,24+,26+,29+,30-/m1/s1. The van der Waals surface area contributed by atoms with Gasteiger partial charge in [-0.1, -0.05) is 25.9 Å². The Morgan fingerprint density at radius 3 is 2.51 bits per heavy atom. The summed E-state index contributed by atoms with van der Waals surface area (Å²) in [5.74, 6) is 2.10. The van der Waals surface area contributed by atoms with Crippen LogP contribution < -0.4 is 11.1 Å². The van der Waals surface area contributed by atoms with Crippen LogP contribution in [0.5, 0.6) is 0 Å². The van der Waals surface area contributed by atoms with Gasteiger partial charge in [-0.05, 0) is 124 Å². The van der Waals surface area contributed by atoms with E-state index < -0.39 is 5.60 Å². The Kier molecular flexibility index (Phi) is 8.55. The summed E-state index contributed by atoms with van der Waals surface area (Å²) < 4.78 is 10.7. The molecule has 4 fully saturated rings. The van der Waals surface area contributed by atoms with Crippen molar-refractivity contribution in [3.05, 3.63) is 10.4 Å². The Hall–Kier alpha value is -1.99. The number of amides is 1. The molecule has 11 atom stereocenters. The first kappa shape index (κ1) is 30.0. The van der Waals surface area contributed by atoms with Gasteiger partial charge in [0.15, 0.2) is 0 Å². The molecule has 4 saturated carbocycles. The maximum absolute atomic E-state index is 13.1. The van der Waals surface area contributed by atoms with Crippen LogP contribution >= 0.6 is 0 Å². The SMILES string of the molecule is COC(=O)CC[C@@H](C)[C@H]1CC[C@H]2[C@@H]3[C@H](NC(=O)OC(C)(C)C)C[C@@H]4C[C@H](N=[N+]=[N-])CC[C@]4(C)[C@H]3C[C@H](N)[C@]12C. The molecule has 4 rings (SSSR count). The largest absolute Gasteiger partial charge is 0.469 e. The van der Waals surface area contributed by atoms with Crippen LogP contribution in [0.3, 0.4) is 0 Å². The van der Waals surface area contributed by atoms with Crippen molar-refractivity contribution in [1.29, 1.82) is 0 Å². The van der Waals surface area contributed by atoms with E-state index in [4.69, 9.17) is 20.7 Å². The molecule has 4 aliphatic carbocycles. The minimum absolute atomic E-state index is 0.00584. The van der Waals surface area contributed by atoms with Gasteiger partial charge in [0, 0.05) is 29.5 Å². The number of alkyl carbamates (subject to hydrolysis) is 1. The van der Waals surface area contributed by atoms with Gasteiger partial charge in [-0.2, -0.15) is 0 Å². The molecular formula is C30H51N5O4. The maximum atomic E-state index is 13.1. The zero-order valence-corrected chi connectivity index (χ0v) is 25.1. The van der Waals surface area contributed by atoms with Gasteiger partial charge >= 0.3 is 12.1 Å². The summed E-state index contributed by atoms with van der Waals surface area (Å²) in [4.78, 5) is 28.1. The lowest BCUT2D eigenvalue weighted by molar-refractivity contribution is -0.142. The first-order valence-corrected chi connectivity index (χ1v) is 15.1. The third-order valence-electron chi connectivity index (χ3n) is 11.6. The van der Waals surface area contributed by atoms with E-state index in [-0.39, 0.29) is 41.0 Å². The van der Waals surface area contributed by atoms with Crippen molar-refractivity contribution in [2.24, 2.45) is 57.2 Å². The van der Waals surface area contributed by atoms with Gasteiger partial charge in [0.05, 0.1) is 7.11 Å². The lowest BCUT2D eigenvalue weighted by atomic mass is 9.42. The second kappa shape index (κ2) is 11.1. The first-order chi connectivity index (χ1) is 18.2. The van der Waals surface area contributed by atoms with Crippen LogP contribution in [0, 0.1) is 46.3 Å². The Bertz CT molecular complexity index is 977. The quantitative estimate of drug-likeness (QED) is 0.173. The molecule has 0 radical (unpaired) electrons. The average molecular weight is 546 g/mol. The number of fused-ring (bicyclic) bond motifs is 5. The third kappa shape index (κ3) is 5.63. The highest BCUT2D eigenvalue weighted by atomic mass is 16.6. The number of ether oxygens (including phenoxy) is 2. The Morgan fingerprint density at radius 1 is 1.15 bits per heavy atom. The summed E-state index contributed by atoms with van der Waals surface area (Å²) in [6.07, 6.45) is 7.68. The molecule has 0 saturated heterocycles. The molecule has 39 heavy (non-hydrogen) atoms. The molecule has 9 nitrogen and oxygen atoms in total. The van der Waals surface area contributed by atoms with Crippen LogP contribution in [-0.2, 0) is 14.3 Å². The number of nitrogens with one attached hydrogen (secondary N) is 1. The molecule has 1 amide bonds. The number of hydrogen-bond donors (Lipinski definition) is 2. The molecule has 3 N–H and O–H groups in total. The molecule has 0 bridgehead atoms. The second-order valence-corrected chi connectivity index (χ2v) is 14.6. The summed E-state index contributed by atoms with van der Waals surface area (Å²) in [6.45, 7) is 12.8. The second-order valence-electron chi connectivity index (χ2n) is 14.6. The van der Waals surface area contributed by atoms with E-state index in [2.05, 4.69) is 36.1 Å². The number of azide groups is 1. The Morgan fingerprint density at radius 2 is 1.87 bits per heavy atom. The maximum Gasteiger partial charge on any atom is 0.407 e. The first-order valence-electron chi connectivity index (χ1n) is 15.1. The Labute approximate surface area is 234 Å². The zero-order chi connectivity index (χ0) is 28.8. The van der Waals surface area contributed by atoms with E-state index in [9.17, 15) is 9.59 Å². The fourth-order valence-corrected chi connectivity index (χ4v) is 9.70. The average Bonchev–Trinajstić information content (AvgIpc) is 3.21. The fourth-order valence-electron chi connectivity index (χ4n) is 9.70. The number of methoxy groups -OCH3 is 1. The van der Waals surface area contributed by atoms with Crippen molar-refractivity contribution in [3.63, 3.8) is 0 Å². The van der Waals surface area contributed by atoms with E-state index in [0.29, 0.717) is 41.9 Å². The van der Waals surface area contributed by atoms with Crippen molar-refractivity contribution in [2.45, 2.75) is 123 Å². The number of hydrogen-bond acceptors (Lipinski definition) is 6. The summed E-state index contributed by atoms with van der Waals surface area (Å²) in [5.41, 5.74) is 15.8. The van der Waals surface area contributed by atoms with Crippen LogP contribution in [-0.4, -0.2) is 42.9 Å². The molecule has 0 heterocycles. The minimum atomic E-state index is -0.568. The minimum Gasteiger partial charge on any atom is -0.469 e.